The van der Waals surface area contributed by atoms with Gasteiger partial charge in [0.05, 0.1) is 23.9 Å². The summed E-state index contributed by atoms with van der Waals surface area (Å²) < 4.78 is 5.96. The van der Waals surface area contributed by atoms with Crippen LogP contribution in [0.25, 0.3) is 0 Å². The Morgan fingerprint density at radius 2 is 1.76 bits per heavy atom. The van der Waals surface area contributed by atoms with Crippen molar-refractivity contribution in [1.29, 1.82) is 0 Å². The van der Waals surface area contributed by atoms with E-state index < -0.39 is 0 Å². The SMILES string of the molecule is COc1ccc(N)cc1N1C(=O)c2ccc(Br)cc2C1=O. The number of ether oxygens (including phenoxy) is 1. The molecule has 5 nitrogen and oxygen atoms in total. The van der Waals surface area contributed by atoms with Gasteiger partial charge in [-0.25, -0.2) is 4.90 Å². The number of nitrogen functional groups attached to an aromatic ring is 1. The minimum atomic E-state index is -0.389. The summed E-state index contributed by atoms with van der Waals surface area (Å²) in [5.74, 6) is -0.357. The summed E-state index contributed by atoms with van der Waals surface area (Å²) >= 11 is 3.30. The number of hydrogen-bond donors (Lipinski definition) is 1. The first kappa shape index (κ1) is 13.6. The number of fused-ring (bicyclic) bond motifs is 1. The second-order valence-corrected chi connectivity index (χ2v) is 5.48. The van der Waals surface area contributed by atoms with Crippen molar-refractivity contribution in [2.75, 3.05) is 17.7 Å². The second-order valence-electron chi connectivity index (χ2n) is 4.57. The zero-order chi connectivity index (χ0) is 15.1. The number of amides is 2. The highest BCUT2D eigenvalue weighted by Crippen LogP contribution is 2.36. The first-order chi connectivity index (χ1) is 10.0. The number of anilines is 2. The van der Waals surface area contributed by atoms with Crippen molar-refractivity contribution in [1.82, 2.24) is 0 Å². The maximum atomic E-state index is 12.5. The molecule has 2 amide bonds. The van der Waals surface area contributed by atoms with Crippen LogP contribution in [0.5, 0.6) is 5.75 Å². The van der Waals surface area contributed by atoms with Crippen molar-refractivity contribution in [3.8, 4) is 5.75 Å². The lowest BCUT2D eigenvalue weighted by Gasteiger charge is -2.17. The van der Waals surface area contributed by atoms with Crippen LogP contribution in [0.2, 0.25) is 0 Å². The van der Waals surface area contributed by atoms with Crippen molar-refractivity contribution in [2.45, 2.75) is 0 Å². The van der Waals surface area contributed by atoms with E-state index in [1.54, 1.807) is 36.4 Å². The molecule has 106 valence electrons. The van der Waals surface area contributed by atoms with Crippen LogP contribution in [0.3, 0.4) is 0 Å². The predicted molar refractivity (Wildman–Crippen MR) is 82.7 cm³/mol. The van der Waals surface area contributed by atoms with E-state index >= 15 is 0 Å². The molecule has 1 aliphatic rings. The van der Waals surface area contributed by atoms with Crippen molar-refractivity contribution in [2.24, 2.45) is 0 Å². The highest BCUT2D eigenvalue weighted by Gasteiger charge is 2.38. The average Bonchev–Trinajstić information content (AvgIpc) is 2.70. The fourth-order valence-corrected chi connectivity index (χ4v) is 2.67. The van der Waals surface area contributed by atoms with E-state index in [0.29, 0.717) is 28.3 Å². The molecule has 0 bridgehead atoms. The van der Waals surface area contributed by atoms with Gasteiger partial charge in [-0.2, -0.15) is 0 Å². The van der Waals surface area contributed by atoms with Gasteiger partial charge in [0.15, 0.2) is 0 Å². The monoisotopic (exact) mass is 346 g/mol. The fraction of sp³-hybridized carbons (Fsp3) is 0.0667. The quantitative estimate of drug-likeness (QED) is 0.670. The number of rotatable bonds is 2. The van der Waals surface area contributed by atoms with Crippen LogP contribution in [0.15, 0.2) is 40.9 Å². The van der Waals surface area contributed by atoms with Gasteiger partial charge in [0.25, 0.3) is 11.8 Å². The molecule has 0 radical (unpaired) electrons. The highest BCUT2D eigenvalue weighted by molar-refractivity contribution is 9.10. The van der Waals surface area contributed by atoms with E-state index in [9.17, 15) is 9.59 Å². The van der Waals surface area contributed by atoms with Crippen LogP contribution >= 0.6 is 15.9 Å². The Labute approximate surface area is 129 Å². The molecule has 0 aliphatic carbocycles. The van der Waals surface area contributed by atoms with Crippen molar-refractivity contribution >= 4 is 39.1 Å². The third-order valence-corrected chi connectivity index (χ3v) is 3.79. The Kier molecular flexibility index (Phi) is 3.17. The van der Waals surface area contributed by atoms with Crippen LogP contribution in [0.4, 0.5) is 11.4 Å². The van der Waals surface area contributed by atoms with Crippen LogP contribution in [-0.4, -0.2) is 18.9 Å². The van der Waals surface area contributed by atoms with Crippen LogP contribution in [0.1, 0.15) is 20.7 Å². The smallest absolute Gasteiger partial charge is 0.266 e. The molecule has 0 spiro atoms. The molecule has 0 saturated heterocycles. The molecule has 3 rings (SSSR count). The van der Waals surface area contributed by atoms with E-state index in [0.717, 1.165) is 9.37 Å². The molecule has 1 heterocycles. The van der Waals surface area contributed by atoms with Crippen molar-refractivity contribution in [3.05, 3.63) is 52.0 Å². The lowest BCUT2D eigenvalue weighted by Crippen LogP contribution is -2.29. The van der Waals surface area contributed by atoms with Crippen molar-refractivity contribution in [3.63, 3.8) is 0 Å². The van der Waals surface area contributed by atoms with Crippen LogP contribution < -0.4 is 15.4 Å². The standard InChI is InChI=1S/C15H11BrN2O3/c1-21-13-5-3-9(17)7-12(13)18-14(19)10-4-2-8(16)6-11(10)15(18)20/h2-7H,17H2,1H3. The maximum absolute atomic E-state index is 12.5. The Bertz CT molecular complexity index is 774. The van der Waals surface area contributed by atoms with Gasteiger partial charge in [0.1, 0.15) is 5.75 Å². The molecule has 0 unspecified atom stereocenters. The number of benzene rings is 2. The number of hydrogen-bond acceptors (Lipinski definition) is 4. The molecular weight excluding hydrogens is 336 g/mol. The van der Waals surface area contributed by atoms with E-state index in [4.69, 9.17) is 10.5 Å². The lowest BCUT2D eigenvalue weighted by atomic mass is 10.1. The molecule has 21 heavy (non-hydrogen) atoms. The summed E-state index contributed by atoms with van der Waals surface area (Å²) in [5, 5.41) is 0. The van der Waals surface area contributed by atoms with E-state index in [-0.39, 0.29) is 11.8 Å². The first-order valence-electron chi connectivity index (χ1n) is 6.15. The molecule has 0 saturated carbocycles. The predicted octanol–water partition coefficient (Wildman–Crippen LogP) is 2.84. The zero-order valence-electron chi connectivity index (χ0n) is 11.1. The van der Waals surface area contributed by atoms with Gasteiger partial charge in [0.2, 0.25) is 0 Å². The normalized spacial score (nSPS) is 13.5. The minimum Gasteiger partial charge on any atom is -0.495 e. The molecule has 1 aliphatic heterocycles. The van der Waals surface area contributed by atoms with E-state index in [1.165, 1.54) is 7.11 Å². The van der Waals surface area contributed by atoms with Crippen LogP contribution in [-0.2, 0) is 0 Å². The van der Waals surface area contributed by atoms with Gasteiger partial charge in [-0.3, -0.25) is 9.59 Å². The number of nitrogens with zero attached hydrogens (tertiary/aromatic N) is 1. The third-order valence-electron chi connectivity index (χ3n) is 3.29. The molecule has 2 N–H and O–H groups in total. The summed E-state index contributed by atoms with van der Waals surface area (Å²) in [4.78, 5) is 26.1. The van der Waals surface area contributed by atoms with Gasteiger partial charge in [-0.1, -0.05) is 15.9 Å². The Morgan fingerprint density at radius 3 is 2.48 bits per heavy atom. The molecule has 0 aromatic heterocycles. The number of carbonyl (C=O) groups is 2. The van der Waals surface area contributed by atoms with Gasteiger partial charge in [0, 0.05) is 10.2 Å². The molecule has 2 aromatic carbocycles. The van der Waals surface area contributed by atoms with Gasteiger partial charge >= 0.3 is 0 Å². The van der Waals surface area contributed by atoms with Gasteiger partial charge in [-0.15, -0.1) is 0 Å². The minimum absolute atomic E-state index is 0.347. The highest BCUT2D eigenvalue weighted by atomic mass is 79.9. The number of halogens is 1. The average molecular weight is 347 g/mol. The molecule has 6 heteroatoms. The largest absolute Gasteiger partial charge is 0.495 e. The molecular formula is C15H11BrN2O3. The summed E-state index contributed by atoms with van der Waals surface area (Å²) in [5.41, 5.74) is 7.28. The fourth-order valence-electron chi connectivity index (χ4n) is 2.31. The first-order valence-corrected chi connectivity index (χ1v) is 6.94. The summed E-state index contributed by atoms with van der Waals surface area (Å²) in [6, 6.07) is 9.81. The summed E-state index contributed by atoms with van der Waals surface area (Å²) in [7, 11) is 1.48. The molecule has 2 aromatic rings. The summed E-state index contributed by atoms with van der Waals surface area (Å²) in [6.45, 7) is 0. The number of imide groups is 1. The van der Waals surface area contributed by atoms with Gasteiger partial charge in [-0.05, 0) is 36.4 Å². The van der Waals surface area contributed by atoms with Crippen LogP contribution in [0, 0.1) is 0 Å². The van der Waals surface area contributed by atoms with E-state index in [2.05, 4.69) is 15.9 Å². The van der Waals surface area contributed by atoms with E-state index in [1.807, 2.05) is 0 Å². The Balaban J connectivity index is 2.16. The van der Waals surface area contributed by atoms with Crippen molar-refractivity contribution < 1.29 is 14.3 Å². The molecule has 0 fully saturated rings. The number of carbonyl (C=O) groups excluding carboxylic acids is 2. The topological polar surface area (TPSA) is 72.6 Å². The number of methoxy groups -OCH3 is 1. The maximum Gasteiger partial charge on any atom is 0.266 e. The lowest BCUT2D eigenvalue weighted by molar-refractivity contribution is 0.0925. The Morgan fingerprint density at radius 1 is 1.05 bits per heavy atom. The zero-order valence-corrected chi connectivity index (χ0v) is 12.7. The summed E-state index contributed by atoms with van der Waals surface area (Å²) in [6.07, 6.45) is 0. The number of nitrogens with two attached hydrogens (primary N) is 1. The Hall–Kier alpha value is -2.34. The van der Waals surface area contributed by atoms with Gasteiger partial charge < -0.3 is 10.5 Å². The second kappa shape index (κ2) is 4.89. The molecule has 0 atom stereocenters. The third kappa shape index (κ3) is 2.08.